The van der Waals surface area contributed by atoms with E-state index in [1.165, 1.54) is 38.4 Å². The first-order valence-corrected chi connectivity index (χ1v) is 9.34. The molecular weight excluding hydrogens is 246 g/mol. The van der Waals surface area contributed by atoms with E-state index in [0.29, 0.717) is 11.8 Å². The zero-order valence-corrected chi connectivity index (χ0v) is 12.9. The van der Waals surface area contributed by atoms with Crippen molar-refractivity contribution in [1.82, 2.24) is 5.32 Å². The van der Waals surface area contributed by atoms with Crippen molar-refractivity contribution in [3.05, 3.63) is 0 Å². The number of hydrogen-bond acceptors (Lipinski definition) is 3. The predicted molar refractivity (Wildman–Crippen MR) is 77.5 cm³/mol. The normalized spacial score (nSPS) is 25.6. The molecule has 0 radical (unpaired) electrons. The molecule has 3 nitrogen and oxygen atoms in total. The first-order chi connectivity index (χ1) is 8.37. The summed E-state index contributed by atoms with van der Waals surface area (Å²) in [5.74, 6) is 1.97. The summed E-state index contributed by atoms with van der Waals surface area (Å²) in [4.78, 5) is 0. The van der Waals surface area contributed by atoms with Crippen LogP contribution in [-0.4, -0.2) is 33.0 Å². The van der Waals surface area contributed by atoms with E-state index in [9.17, 15) is 8.42 Å². The van der Waals surface area contributed by atoms with Gasteiger partial charge in [-0.1, -0.05) is 26.7 Å². The molecular formula is C14H29NO2S. The molecule has 0 aromatic rings. The Balaban J connectivity index is 2.18. The highest BCUT2D eigenvalue weighted by Gasteiger charge is 2.21. The van der Waals surface area contributed by atoms with Crippen molar-refractivity contribution in [2.24, 2.45) is 11.8 Å². The first-order valence-electron chi connectivity index (χ1n) is 7.28. The van der Waals surface area contributed by atoms with Gasteiger partial charge in [-0.2, -0.15) is 0 Å². The molecule has 1 fully saturated rings. The van der Waals surface area contributed by atoms with Crippen LogP contribution < -0.4 is 5.32 Å². The maximum Gasteiger partial charge on any atom is 0.147 e. The summed E-state index contributed by atoms with van der Waals surface area (Å²) in [6.45, 7) is 5.43. The lowest BCUT2D eigenvalue weighted by molar-refractivity contribution is 0.253. The molecule has 4 heteroatoms. The van der Waals surface area contributed by atoms with Gasteiger partial charge in [0.2, 0.25) is 0 Å². The Hall–Kier alpha value is -0.0900. The maximum absolute atomic E-state index is 11.0. The molecule has 2 atom stereocenters. The predicted octanol–water partition coefficient (Wildman–Crippen LogP) is 2.62. The fourth-order valence-corrected chi connectivity index (χ4v) is 3.67. The van der Waals surface area contributed by atoms with E-state index in [0.717, 1.165) is 24.8 Å². The SMILES string of the molecule is CC(C)CC1CCCC(NCCCS(C)(=O)=O)C1. The van der Waals surface area contributed by atoms with E-state index < -0.39 is 9.84 Å². The second-order valence-electron chi connectivity index (χ2n) is 6.30. The Kier molecular flexibility index (Phi) is 6.64. The second kappa shape index (κ2) is 7.49. The summed E-state index contributed by atoms with van der Waals surface area (Å²) >= 11 is 0. The van der Waals surface area contributed by atoms with E-state index in [4.69, 9.17) is 0 Å². The lowest BCUT2D eigenvalue weighted by Gasteiger charge is -2.31. The average Bonchev–Trinajstić information content (AvgIpc) is 2.23. The minimum Gasteiger partial charge on any atom is -0.314 e. The van der Waals surface area contributed by atoms with Crippen molar-refractivity contribution >= 4 is 9.84 Å². The van der Waals surface area contributed by atoms with Gasteiger partial charge in [0.05, 0.1) is 5.75 Å². The standard InChI is InChI=1S/C14H29NO2S/c1-12(2)10-13-6-4-7-14(11-13)15-8-5-9-18(3,16)17/h12-15H,4-11H2,1-3H3. The van der Waals surface area contributed by atoms with Gasteiger partial charge in [0, 0.05) is 12.3 Å². The molecule has 2 unspecified atom stereocenters. The summed E-state index contributed by atoms with van der Waals surface area (Å²) in [6.07, 6.45) is 8.61. The first kappa shape index (κ1) is 16.0. The van der Waals surface area contributed by atoms with E-state index in [2.05, 4.69) is 19.2 Å². The van der Waals surface area contributed by atoms with Crippen molar-refractivity contribution < 1.29 is 8.42 Å². The molecule has 1 aliphatic carbocycles. The molecule has 1 saturated carbocycles. The van der Waals surface area contributed by atoms with Crippen LogP contribution in [0.1, 0.15) is 52.4 Å². The third-order valence-electron chi connectivity index (χ3n) is 3.71. The number of sulfone groups is 1. The molecule has 0 saturated heterocycles. The Morgan fingerprint density at radius 2 is 2.00 bits per heavy atom. The van der Waals surface area contributed by atoms with Crippen LogP contribution in [-0.2, 0) is 9.84 Å². The van der Waals surface area contributed by atoms with Crippen LogP contribution in [0.3, 0.4) is 0 Å². The summed E-state index contributed by atoms with van der Waals surface area (Å²) in [5.41, 5.74) is 0. The van der Waals surface area contributed by atoms with Crippen LogP contribution in [0.2, 0.25) is 0 Å². The van der Waals surface area contributed by atoms with Gasteiger partial charge in [-0.25, -0.2) is 8.42 Å². The molecule has 108 valence electrons. The van der Waals surface area contributed by atoms with Gasteiger partial charge in [-0.3, -0.25) is 0 Å². The van der Waals surface area contributed by atoms with Crippen molar-refractivity contribution in [3.63, 3.8) is 0 Å². The van der Waals surface area contributed by atoms with Crippen LogP contribution in [0, 0.1) is 11.8 Å². The fraction of sp³-hybridized carbons (Fsp3) is 1.00. The highest BCUT2D eigenvalue weighted by atomic mass is 32.2. The number of hydrogen-bond donors (Lipinski definition) is 1. The molecule has 1 N–H and O–H groups in total. The molecule has 18 heavy (non-hydrogen) atoms. The van der Waals surface area contributed by atoms with E-state index >= 15 is 0 Å². The van der Waals surface area contributed by atoms with E-state index in [-0.39, 0.29) is 0 Å². The van der Waals surface area contributed by atoms with Crippen LogP contribution in [0.5, 0.6) is 0 Å². The van der Waals surface area contributed by atoms with Crippen molar-refractivity contribution in [2.45, 2.75) is 58.4 Å². The van der Waals surface area contributed by atoms with Crippen molar-refractivity contribution in [2.75, 3.05) is 18.6 Å². The maximum atomic E-state index is 11.0. The highest BCUT2D eigenvalue weighted by Crippen LogP contribution is 2.29. The van der Waals surface area contributed by atoms with Crippen LogP contribution in [0.15, 0.2) is 0 Å². The topological polar surface area (TPSA) is 46.2 Å². The van der Waals surface area contributed by atoms with E-state index in [1.54, 1.807) is 0 Å². The quantitative estimate of drug-likeness (QED) is 0.727. The van der Waals surface area contributed by atoms with Gasteiger partial charge < -0.3 is 5.32 Å². The summed E-state index contributed by atoms with van der Waals surface area (Å²) in [5, 5.41) is 3.53. The lowest BCUT2D eigenvalue weighted by Crippen LogP contribution is -2.35. The summed E-state index contributed by atoms with van der Waals surface area (Å²) in [7, 11) is -2.79. The Morgan fingerprint density at radius 1 is 1.28 bits per heavy atom. The molecule has 0 amide bonds. The fourth-order valence-electron chi connectivity index (χ4n) is 3.00. The summed E-state index contributed by atoms with van der Waals surface area (Å²) < 4.78 is 22.1. The molecule has 0 aromatic carbocycles. The van der Waals surface area contributed by atoms with Gasteiger partial charge >= 0.3 is 0 Å². The van der Waals surface area contributed by atoms with Crippen LogP contribution >= 0.6 is 0 Å². The van der Waals surface area contributed by atoms with E-state index in [1.807, 2.05) is 0 Å². The zero-order valence-electron chi connectivity index (χ0n) is 12.1. The van der Waals surface area contributed by atoms with Crippen LogP contribution in [0.4, 0.5) is 0 Å². The average molecular weight is 275 g/mol. The minimum atomic E-state index is -2.79. The molecule has 1 rings (SSSR count). The number of rotatable bonds is 7. The van der Waals surface area contributed by atoms with Crippen LogP contribution in [0.25, 0.3) is 0 Å². The zero-order chi connectivity index (χ0) is 13.6. The Bertz CT molecular complexity index is 325. The molecule has 0 aromatic heterocycles. The van der Waals surface area contributed by atoms with Gasteiger partial charge in [0.1, 0.15) is 9.84 Å². The summed E-state index contributed by atoms with van der Waals surface area (Å²) in [6, 6.07) is 0.613. The molecule has 0 spiro atoms. The van der Waals surface area contributed by atoms with Crippen molar-refractivity contribution in [1.29, 1.82) is 0 Å². The van der Waals surface area contributed by atoms with Gasteiger partial charge in [0.15, 0.2) is 0 Å². The molecule has 0 heterocycles. The van der Waals surface area contributed by atoms with Crippen molar-refractivity contribution in [3.8, 4) is 0 Å². The Morgan fingerprint density at radius 3 is 2.61 bits per heavy atom. The Labute approximate surface area is 113 Å². The monoisotopic (exact) mass is 275 g/mol. The number of nitrogens with one attached hydrogen (secondary N) is 1. The molecule has 0 bridgehead atoms. The molecule has 1 aliphatic rings. The minimum absolute atomic E-state index is 0.308. The lowest BCUT2D eigenvalue weighted by atomic mass is 9.81. The van der Waals surface area contributed by atoms with Gasteiger partial charge in [-0.15, -0.1) is 0 Å². The third kappa shape index (κ3) is 7.37. The second-order valence-corrected chi connectivity index (χ2v) is 8.56. The largest absolute Gasteiger partial charge is 0.314 e. The van der Waals surface area contributed by atoms with Gasteiger partial charge in [-0.05, 0) is 44.1 Å². The highest BCUT2D eigenvalue weighted by molar-refractivity contribution is 7.90. The van der Waals surface area contributed by atoms with Gasteiger partial charge in [0.25, 0.3) is 0 Å². The smallest absolute Gasteiger partial charge is 0.147 e. The molecule has 0 aliphatic heterocycles. The third-order valence-corrected chi connectivity index (χ3v) is 4.74.